The number of carbonyl (C=O) groups excluding carboxylic acids is 2. The molecule has 2 aliphatic heterocycles. The van der Waals surface area contributed by atoms with Crippen LogP contribution >= 0.6 is 27.0 Å². The number of anilines is 1. The normalized spacial score (nSPS) is 19.3. The molecular weight excluding hydrogens is 518 g/mol. The average molecular weight is 554 g/mol. The summed E-state index contributed by atoms with van der Waals surface area (Å²) in [6.45, 7) is 6.04. The molecule has 0 bridgehead atoms. The topological polar surface area (TPSA) is 107 Å². The number of benzene rings is 2. The number of carbonyl (C=O) groups is 2. The van der Waals surface area contributed by atoms with Gasteiger partial charge < -0.3 is 15.3 Å². The van der Waals surface area contributed by atoms with Crippen LogP contribution in [0.4, 0.5) is 5.69 Å². The minimum atomic E-state index is -3.66. The SMILES string of the molecule is Cc1cc(C)cc([C@@H](CN2CC[C@H](O)C2)N(C)C(=O)Cc2ccc3c(c2)NC(=O)CS3(=O)=O)c1.S.S. The van der Waals surface area contributed by atoms with Gasteiger partial charge in [0.15, 0.2) is 9.84 Å². The summed E-state index contributed by atoms with van der Waals surface area (Å²) in [5.41, 5.74) is 4.13. The molecule has 2 N–H and O–H groups in total. The molecule has 2 aromatic carbocycles. The molecule has 0 aliphatic carbocycles. The molecule has 0 radical (unpaired) electrons. The van der Waals surface area contributed by atoms with E-state index in [4.69, 9.17) is 0 Å². The first-order chi connectivity index (χ1) is 16.0. The van der Waals surface area contributed by atoms with Gasteiger partial charge in [0, 0.05) is 26.7 Å². The summed E-state index contributed by atoms with van der Waals surface area (Å²) in [5, 5.41) is 12.6. The number of aryl methyl sites for hydroxylation is 2. The second-order valence-electron chi connectivity index (χ2n) is 9.46. The minimum absolute atomic E-state index is 0. The number of rotatable bonds is 6. The number of fused-ring (bicyclic) bond motifs is 1. The molecule has 0 unspecified atom stereocenters. The molecule has 8 nitrogen and oxygen atoms in total. The molecule has 1 fully saturated rings. The second kappa shape index (κ2) is 12.0. The highest BCUT2D eigenvalue weighted by Gasteiger charge is 2.30. The Morgan fingerprint density at radius 2 is 1.83 bits per heavy atom. The van der Waals surface area contributed by atoms with Crippen LogP contribution in [0.3, 0.4) is 0 Å². The Balaban J connectivity index is 0.00000228. The number of aliphatic hydroxyl groups is 1. The third-order valence-corrected chi connectivity index (χ3v) is 8.17. The van der Waals surface area contributed by atoms with E-state index >= 15 is 0 Å². The predicted octanol–water partition coefficient (Wildman–Crippen LogP) is 2.06. The zero-order valence-corrected chi connectivity index (χ0v) is 23.6. The van der Waals surface area contributed by atoms with Gasteiger partial charge in [0.25, 0.3) is 0 Å². The van der Waals surface area contributed by atoms with Gasteiger partial charge in [-0.3, -0.25) is 14.5 Å². The highest BCUT2D eigenvalue weighted by Crippen LogP contribution is 2.29. The van der Waals surface area contributed by atoms with Gasteiger partial charge in [-0.05, 0) is 43.5 Å². The van der Waals surface area contributed by atoms with Crippen LogP contribution < -0.4 is 5.32 Å². The Morgan fingerprint density at radius 3 is 2.44 bits per heavy atom. The van der Waals surface area contributed by atoms with Crippen LogP contribution in [-0.4, -0.2) is 73.7 Å². The quantitative estimate of drug-likeness (QED) is 0.567. The molecule has 198 valence electrons. The van der Waals surface area contributed by atoms with Gasteiger partial charge in [-0.2, -0.15) is 27.0 Å². The number of aliphatic hydroxyl groups excluding tert-OH is 1. The summed E-state index contributed by atoms with van der Waals surface area (Å²) < 4.78 is 24.5. The van der Waals surface area contributed by atoms with Crippen LogP contribution in [0.25, 0.3) is 0 Å². The first-order valence-electron chi connectivity index (χ1n) is 11.4. The van der Waals surface area contributed by atoms with Gasteiger partial charge in [0.2, 0.25) is 11.8 Å². The van der Waals surface area contributed by atoms with E-state index in [2.05, 4.69) is 28.4 Å². The first-order valence-corrected chi connectivity index (χ1v) is 13.1. The molecule has 11 heteroatoms. The van der Waals surface area contributed by atoms with Crippen molar-refractivity contribution in [3.63, 3.8) is 0 Å². The Labute approximate surface area is 226 Å². The fourth-order valence-electron chi connectivity index (χ4n) is 4.84. The van der Waals surface area contributed by atoms with E-state index < -0.39 is 21.5 Å². The molecule has 1 saturated heterocycles. The van der Waals surface area contributed by atoms with Crippen LogP contribution in [0.5, 0.6) is 0 Å². The summed E-state index contributed by atoms with van der Waals surface area (Å²) in [6, 6.07) is 10.7. The number of likely N-dealkylation sites (tertiary alicyclic amines) is 1. The molecule has 2 atom stereocenters. The molecule has 0 spiro atoms. The van der Waals surface area contributed by atoms with E-state index in [0.29, 0.717) is 18.7 Å². The molecule has 4 rings (SSSR count). The van der Waals surface area contributed by atoms with Crippen molar-refractivity contribution in [1.82, 2.24) is 9.80 Å². The number of β-amino-alcohol motifs (C(OH)–C–C–N with tert-alkyl or cyclic N) is 1. The zero-order valence-electron chi connectivity index (χ0n) is 20.7. The van der Waals surface area contributed by atoms with Gasteiger partial charge in [0.05, 0.1) is 29.1 Å². The van der Waals surface area contributed by atoms with Gasteiger partial charge in [0.1, 0.15) is 5.75 Å². The van der Waals surface area contributed by atoms with Crippen molar-refractivity contribution < 1.29 is 23.1 Å². The summed E-state index contributed by atoms with van der Waals surface area (Å²) in [6.07, 6.45) is 0.452. The van der Waals surface area contributed by atoms with Gasteiger partial charge in [-0.1, -0.05) is 35.4 Å². The Bertz CT molecular complexity index is 1220. The van der Waals surface area contributed by atoms with E-state index in [1.54, 1.807) is 24.1 Å². The fraction of sp³-hybridized carbons (Fsp3) is 0.440. The number of hydrogen-bond acceptors (Lipinski definition) is 6. The fourth-order valence-corrected chi connectivity index (χ4v) is 6.14. The maximum atomic E-state index is 13.3. The van der Waals surface area contributed by atoms with E-state index in [9.17, 15) is 23.1 Å². The Morgan fingerprint density at radius 1 is 1.17 bits per heavy atom. The van der Waals surface area contributed by atoms with Crippen LogP contribution in [0.15, 0.2) is 41.3 Å². The maximum absolute atomic E-state index is 13.3. The summed E-state index contributed by atoms with van der Waals surface area (Å²) in [5.74, 6) is -1.26. The van der Waals surface area contributed by atoms with E-state index in [1.165, 1.54) is 6.07 Å². The number of hydrogen-bond donors (Lipinski definition) is 2. The number of amides is 2. The summed E-state index contributed by atoms with van der Waals surface area (Å²) in [4.78, 5) is 29.1. The molecule has 2 aliphatic rings. The van der Waals surface area contributed by atoms with Crippen molar-refractivity contribution in [2.24, 2.45) is 0 Å². The van der Waals surface area contributed by atoms with Crippen molar-refractivity contribution >= 4 is 54.3 Å². The lowest BCUT2D eigenvalue weighted by Crippen LogP contribution is -2.39. The van der Waals surface area contributed by atoms with Crippen molar-refractivity contribution in [1.29, 1.82) is 0 Å². The number of nitrogens with zero attached hydrogens (tertiary/aromatic N) is 2. The number of sulfone groups is 1. The Hall–Kier alpha value is -2.05. The molecule has 36 heavy (non-hydrogen) atoms. The molecule has 2 heterocycles. The predicted molar refractivity (Wildman–Crippen MR) is 150 cm³/mol. The third-order valence-electron chi connectivity index (χ3n) is 6.50. The van der Waals surface area contributed by atoms with Crippen molar-refractivity contribution in [2.75, 3.05) is 37.8 Å². The molecule has 2 amide bonds. The van der Waals surface area contributed by atoms with Crippen LogP contribution in [-0.2, 0) is 25.8 Å². The first kappa shape index (κ1) is 30.2. The lowest BCUT2D eigenvalue weighted by atomic mass is 9.99. The standard InChI is InChI=1S/C25H31N3O5S.2H2S/c1-16-8-17(2)10-19(9-16)22(14-28-7-6-20(29)13-28)27(3)25(31)12-18-4-5-23-21(11-18)26-24(30)15-34(23,32)33;;/h4-5,8-11,20,22,29H,6-7,12-15H2,1-3H3,(H,26,30);2*1H2/t20-,22+;;/m0../s1. The summed E-state index contributed by atoms with van der Waals surface area (Å²) >= 11 is 0. The zero-order chi connectivity index (χ0) is 24.6. The van der Waals surface area contributed by atoms with E-state index in [0.717, 1.165) is 29.7 Å². The lowest BCUT2D eigenvalue weighted by Gasteiger charge is -2.32. The van der Waals surface area contributed by atoms with Crippen molar-refractivity contribution in [2.45, 2.75) is 43.7 Å². The highest BCUT2D eigenvalue weighted by molar-refractivity contribution is 7.92. The number of nitrogens with one attached hydrogen (secondary N) is 1. The van der Waals surface area contributed by atoms with Gasteiger partial charge in [-0.15, -0.1) is 0 Å². The molecular formula is C25H35N3O5S3. The van der Waals surface area contributed by atoms with E-state index in [-0.39, 0.29) is 62.0 Å². The summed E-state index contributed by atoms with van der Waals surface area (Å²) in [7, 11) is -1.88. The van der Waals surface area contributed by atoms with E-state index in [1.807, 2.05) is 13.8 Å². The molecule has 2 aromatic rings. The molecule has 0 saturated carbocycles. The Kier molecular flexibility index (Phi) is 10.1. The smallest absolute Gasteiger partial charge is 0.239 e. The minimum Gasteiger partial charge on any atom is -0.392 e. The number of likely N-dealkylation sites (N-methyl/N-ethyl adjacent to an activating group) is 1. The highest BCUT2D eigenvalue weighted by atomic mass is 32.2. The lowest BCUT2D eigenvalue weighted by molar-refractivity contribution is -0.131. The van der Waals surface area contributed by atoms with Gasteiger partial charge in [-0.25, -0.2) is 8.42 Å². The van der Waals surface area contributed by atoms with Crippen LogP contribution in [0.1, 0.15) is 34.7 Å². The maximum Gasteiger partial charge on any atom is 0.239 e. The van der Waals surface area contributed by atoms with Gasteiger partial charge >= 0.3 is 0 Å². The van der Waals surface area contributed by atoms with Crippen LogP contribution in [0.2, 0.25) is 0 Å². The van der Waals surface area contributed by atoms with Crippen molar-refractivity contribution in [3.8, 4) is 0 Å². The van der Waals surface area contributed by atoms with Crippen LogP contribution in [0, 0.1) is 13.8 Å². The second-order valence-corrected chi connectivity index (χ2v) is 11.4. The monoisotopic (exact) mass is 553 g/mol. The largest absolute Gasteiger partial charge is 0.392 e. The van der Waals surface area contributed by atoms with Crippen molar-refractivity contribution in [3.05, 3.63) is 58.7 Å². The molecule has 0 aromatic heterocycles. The third kappa shape index (κ3) is 6.83. The average Bonchev–Trinajstić information content (AvgIpc) is 3.14.